The molecule has 1 atom stereocenters. The molecule has 2 saturated heterocycles. The van der Waals surface area contributed by atoms with E-state index in [0.29, 0.717) is 6.04 Å². The van der Waals surface area contributed by atoms with E-state index in [-0.39, 0.29) is 11.6 Å². The molecule has 1 aromatic rings. The minimum Gasteiger partial charge on any atom is -0.468 e. The zero-order chi connectivity index (χ0) is 16.4. The Morgan fingerprint density at radius 3 is 2.70 bits per heavy atom. The third-order valence-corrected chi connectivity index (χ3v) is 5.13. The van der Waals surface area contributed by atoms with Gasteiger partial charge in [-0.15, -0.1) is 0 Å². The first-order chi connectivity index (χ1) is 11.0. The molecule has 2 aliphatic heterocycles. The molecule has 3 heterocycles. The number of hydrogen-bond acceptors (Lipinski definition) is 4. The van der Waals surface area contributed by atoms with Gasteiger partial charge in [-0.1, -0.05) is 0 Å². The summed E-state index contributed by atoms with van der Waals surface area (Å²) in [5.74, 6) is 0.986. The van der Waals surface area contributed by atoms with Crippen LogP contribution in [0.2, 0.25) is 0 Å². The second-order valence-corrected chi connectivity index (χ2v) is 7.01. The average Bonchev–Trinajstić information content (AvgIpc) is 3.18. The third-order valence-electron chi connectivity index (χ3n) is 5.13. The van der Waals surface area contributed by atoms with E-state index in [4.69, 9.17) is 9.15 Å². The summed E-state index contributed by atoms with van der Waals surface area (Å²) in [4.78, 5) is 17.9. The van der Waals surface area contributed by atoms with Gasteiger partial charge in [0.15, 0.2) is 0 Å². The fourth-order valence-electron chi connectivity index (χ4n) is 3.62. The van der Waals surface area contributed by atoms with Crippen LogP contribution in [0.15, 0.2) is 22.8 Å². The number of nitrogens with zero attached hydrogens (tertiary/aromatic N) is 3. The lowest BCUT2D eigenvalue weighted by Crippen LogP contribution is -2.49. The number of furan rings is 1. The SMILES string of the molecule is CN(C)C(=O)N1CCC2(CC1)C[C@@H](N(C)Cc1ccco1)CO2. The molecule has 0 aliphatic carbocycles. The van der Waals surface area contributed by atoms with Crippen LogP contribution in [0.4, 0.5) is 4.79 Å². The molecule has 1 aromatic heterocycles. The van der Waals surface area contributed by atoms with Gasteiger partial charge in [0, 0.05) is 33.2 Å². The summed E-state index contributed by atoms with van der Waals surface area (Å²) in [7, 11) is 5.73. The average molecular weight is 321 g/mol. The predicted octanol–water partition coefficient (Wildman–Crippen LogP) is 2.02. The van der Waals surface area contributed by atoms with Crippen molar-refractivity contribution in [3.05, 3.63) is 24.2 Å². The van der Waals surface area contributed by atoms with Crippen LogP contribution < -0.4 is 0 Å². The van der Waals surface area contributed by atoms with Crippen molar-refractivity contribution in [1.82, 2.24) is 14.7 Å². The summed E-state index contributed by atoms with van der Waals surface area (Å²) in [5, 5.41) is 0. The molecule has 128 valence electrons. The molecular formula is C17H27N3O3. The molecule has 0 saturated carbocycles. The molecule has 6 nitrogen and oxygen atoms in total. The summed E-state index contributed by atoms with van der Waals surface area (Å²) in [6.45, 7) is 3.14. The summed E-state index contributed by atoms with van der Waals surface area (Å²) in [6, 6.07) is 4.45. The topological polar surface area (TPSA) is 49.2 Å². The molecule has 6 heteroatoms. The maximum Gasteiger partial charge on any atom is 0.319 e. The highest BCUT2D eigenvalue weighted by Crippen LogP contribution is 2.37. The van der Waals surface area contributed by atoms with Crippen LogP contribution in [0.3, 0.4) is 0 Å². The summed E-state index contributed by atoms with van der Waals surface area (Å²) in [5.41, 5.74) is -0.0504. The van der Waals surface area contributed by atoms with Crippen LogP contribution in [-0.2, 0) is 11.3 Å². The van der Waals surface area contributed by atoms with E-state index in [1.165, 1.54) is 0 Å². The number of urea groups is 1. The maximum atomic E-state index is 12.0. The Labute approximate surface area is 138 Å². The fraction of sp³-hybridized carbons (Fsp3) is 0.706. The Bertz CT molecular complexity index is 521. The van der Waals surface area contributed by atoms with Crippen LogP contribution >= 0.6 is 0 Å². The lowest BCUT2D eigenvalue weighted by molar-refractivity contribution is -0.0381. The highest BCUT2D eigenvalue weighted by Gasteiger charge is 2.44. The van der Waals surface area contributed by atoms with Gasteiger partial charge < -0.3 is 19.0 Å². The molecule has 0 bridgehead atoms. The van der Waals surface area contributed by atoms with Crippen LogP contribution in [0.5, 0.6) is 0 Å². The number of ether oxygens (including phenoxy) is 1. The lowest BCUT2D eigenvalue weighted by Gasteiger charge is -2.39. The van der Waals surface area contributed by atoms with Crippen LogP contribution in [-0.4, -0.2) is 73.2 Å². The van der Waals surface area contributed by atoms with Crippen LogP contribution in [0.25, 0.3) is 0 Å². The summed E-state index contributed by atoms with van der Waals surface area (Å²) in [6.07, 6.45) is 4.61. The highest BCUT2D eigenvalue weighted by atomic mass is 16.5. The molecule has 23 heavy (non-hydrogen) atoms. The highest BCUT2D eigenvalue weighted by molar-refractivity contribution is 5.73. The molecule has 0 unspecified atom stereocenters. The number of carbonyl (C=O) groups is 1. The van der Waals surface area contributed by atoms with Gasteiger partial charge in [-0.05, 0) is 38.4 Å². The zero-order valence-electron chi connectivity index (χ0n) is 14.3. The molecule has 2 amide bonds. The zero-order valence-corrected chi connectivity index (χ0v) is 14.3. The Hall–Kier alpha value is -1.53. The lowest BCUT2D eigenvalue weighted by atomic mass is 9.87. The number of likely N-dealkylation sites (N-methyl/N-ethyl adjacent to an activating group) is 1. The second-order valence-electron chi connectivity index (χ2n) is 7.01. The number of hydrogen-bond donors (Lipinski definition) is 0. The Morgan fingerprint density at radius 2 is 2.09 bits per heavy atom. The van der Waals surface area contributed by atoms with Gasteiger partial charge in [0.05, 0.1) is 25.0 Å². The first kappa shape index (κ1) is 16.3. The van der Waals surface area contributed by atoms with E-state index >= 15 is 0 Å². The van der Waals surface area contributed by atoms with Crippen molar-refractivity contribution >= 4 is 6.03 Å². The monoisotopic (exact) mass is 321 g/mol. The summed E-state index contributed by atoms with van der Waals surface area (Å²) >= 11 is 0. The normalized spacial score (nSPS) is 23.7. The minimum atomic E-state index is -0.0504. The van der Waals surface area contributed by atoms with Gasteiger partial charge in [-0.25, -0.2) is 4.79 Å². The van der Waals surface area contributed by atoms with Crippen molar-refractivity contribution in [1.29, 1.82) is 0 Å². The first-order valence-corrected chi connectivity index (χ1v) is 8.32. The second kappa shape index (κ2) is 6.53. The fourth-order valence-corrected chi connectivity index (χ4v) is 3.62. The maximum absolute atomic E-state index is 12.0. The molecule has 0 radical (unpaired) electrons. The number of rotatable bonds is 3. The molecule has 3 rings (SSSR count). The van der Waals surface area contributed by atoms with Crippen molar-refractivity contribution in [2.45, 2.75) is 37.5 Å². The molecule has 2 fully saturated rings. The largest absolute Gasteiger partial charge is 0.468 e. The van der Waals surface area contributed by atoms with Gasteiger partial charge in [0.1, 0.15) is 5.76 Å². The molecular weight excluding hydrogens is 294 g/mol. The number of likely N-dealkylation sites (tertiary alicyclic amines) is 1. The number of piperidine rings is 1. The van der Waals surface area contributed by atoms with E-state index in [1.807, 2.05) is 17.0 Å². The number of carbonyl (C=O) groups excluding carboxylic acids is 1. The Balaban J connectivity index is 1.52. The predicted molar refractivity (Wildman–Crippen MR) is 87.2 cm³/mol. The van der Waals surface area contributed by atoms with Crippen LogP contribution in [0.1, 0.15) is 25.0 Å². The molecule has 0 N–H and O–H groups in total. The van der Waals surface area contributed by atoms with Crippen molar-refractivity contribution < 1.29 is 13.9 Å². The van der Waals surface area contributed by atoms with E-state index in [0.717, 1.165) is 51.3 Å². The van der Waals surface area contributed by atoms with E-state index < -0.39 is 0 Å². The van der Waals surface area contributed by atoms with E-state index in [9.17, 15) is 4.79 Å². The van der Waals surface area contributed by atoms with Crippen molar-refractivity contribution in [2.24, 2.45) is 0 Å². The van der Waals surface area contributed by atoms with Gasteiger partial charge in [-0.2, -0.15) is 0 Å². The minimum absolute atomic E-state index is 0.0504. The van der Waals surface area contributed by atoms with E-state index in [1.54, 1.807) is 25.3 Å². The molecule has 2 aliphatic rings. The van der Waals surface area contributed by atoms with Crippen LogP contribution in [0, 0.1) is 0 Å². The van der Waals surface area contributed by atoms with Gasteiger partial charge in [0.25, 0.3) is 0 Å². The van der Waals surface area contributed by atoms with Gasteiger partial charge in [-0.3, -0.25) is 4.90 Å². The molecule has 0 aromatic carbocycles. The first-order valence-electron chi connectivity index (χ1n) is 8.32. The quantitative estimate of drug-likeness (QED) is 0.854. The smallest absolute Gasteiger partial charge is 0.319 e. The molecule has 1 spiro atoms. The third kappa shape index (κ3) is 3.53. The van der Waals surface area contributed by atoms with E-state index in [2.05, 4.69) is 11.9 Å². The van der Waals surface area contributed by atoms with Gasteiger partial charge in [0.2, 0.25) is 0 Å². The Kier molecular flexibility index (Phi) is 4.64. The van der Waals surface area contributed by atoms with Crippen molar-refractivity contribution in [2.75, 3.05) is 40.8 Å². The van der Waals surface area contributed by atoms with Gasteiger partial charge >= 0.3 is 6.03 Å². The summed E-state index contributed by atoms with van der Waals surface area (Å²) < 4.78 is 11.6. The van der Waals surface area contributed by atoms with Crippen molar-refractivity contribution in [3.63, 3.8) is 0 Å². The Morgan fingerprint density at radius 1 is 1.35 bits per heavy atom. The van der Waals surface area contributed by atoms with Crippen molar-refractivity contribution in [3.8, 4) is 0 Å². The standard InChI is InChI=1S/C17H27N3O3/c1-18(2)16(21)20-8-6-17(7-9-20)11-14(13-23-17)19(3)12-15-5-4-10-22-15/h4-5,10,14H,6-9,11-13H2,1-3H3/t14-/m1/s1. The number of amides is 2.